The number of aliphatic hydroxyl groups excluding tert-OH is 1. The molecule has 0 unspecified atom stereocenters. The van der Waals surface area contributed by atoms with E-state index in [2.05, 4.69) is 9.80 Å². The van der Waals surface area contributed by atoms with Crippen LogP contribution in [0.3, 0.4) is 0 Å². The third kappa shape index (κ3) is 5.23. The first-order valence-electron chi connectivity index (χ1n) is 9.18. The van der Waals surface area contributed by atoms with Crippen LogP contribution in [0.25, 0.3) is 0 Å². The van der Waals surface area contributed by atoms with Crippen molar-refractivity contribution in [2.75, 3.05) is 39.3 Å². The number of aliphatic hydroxyl groups is 1. The zero-order chi connectivity index (χ0) is 17.8. The lowest BCUT2D eigenvalue weighted by atomic mass is 10.2. The Balaban J connectivity index is 1.53. The van der Waals surface area contributed by atoms with E-state index in [0.717, 1.165) is 39.0 Å². The van der Waals surface area contributed by atoms with Gasteiger partial charge in [-0.2, -0.15) is 0 Å². The molecule has 1 saturated carbocycles. The molecule has 1 saturated heterocycles. The minimum atomic E-state index is -0.320. The number of nitrogens with zero attached hydrogens (tertiary/aromatic N) is 3. The molecule has 0 bridgehead atoms. The van der Waals surface area contributed by atoms with E-state index in [1.807, 2.05) is 11.0 Å². The first kappa shape index (κ1) is 18.3. The Morgan fingerprint density at radius 1 is 1.24 bits per heavy atom. The van der Waals surface area contributed by atoms with Crippen LogP contribution in [0, 0.1) is 5.82 Å². The molecule has 1 aliphatic carbocycles. The number of hydrogen-bond acceptors (Lipinski definition) is 4. The van der Waals surface area contributed by atoms with Crippen LogP contribution in [-0.2, 0) is 11.3 Å². The number of β-amino-alcohol motifs (C(OH)–C–C–N with tert-alkyl or cyclic N) is 1. The summed E-state index contributed by atoms with van der Waals surface area (Å²) in [7, 11) is 0. The molecule has 0 aromatic heterocycles. The average molecular weight is 349 g/mol. The second-order valence-corrected chi connectivity index (χ2v) is 7.27. The molecule has 1 heterocycles. The van der Waals surface area contributed by atoms with Crippen molar-refractivity contribution in [2.24, 2.45) is 0 Å². The van der Waals surface area contributed by atoms with E-state index < -0.39 is 0 Å². The Hall–Kier alpha value is -1.50. The van der Waals surface area contributed by atoms with Crippen LogP contribution in [-0.4, -0.2) is 77.1 Å². The van der Waals surface area contributed by atoms with Gasteiger partial charge in [-0.1, -0.05) is 18.2 Å². The van der Waals surface area contributed by atoms with Crippen LogP contribution in [0.1, 0.15) is 25.3 Å². The summed E-state index contributed by atoms with van der Waals surface area (Å²) in [6.07, 6.45) is 1.71. The monoisotopic (exact) mass is 349 g/mol. The fraction of sp³-hybridized carbons (Fsp3) is 0.632. The van der Waals surface area contributed by atoms with Crippen molar-refractivity contribution in [1.82, 2.24) is 14.7 Å². The Morgan fingerprint density at radius 2 is 1.88 bits per heavy atom. The first-order valence-corrected chi connectivity index (χ1v) is 9.18. The van der Waals surface area contributed by atoms with Crippen molar-refractivity contribution >= 4 is 5.91 Å². The molecule has 25 heavy (non-hydrogen) atoms. The zero-order valence-electron chi connectivity index (χ0n) is 14.9. The van der Waals surface area contributed by atoms with E-state index in [0.29, 0.717) is 25.2 Å². The SMILES string of the molecule is C[C@H](O)CN1CCN(CC(=O)N(Cc2ccccc2F)C2CC2)CC1. The van der Waals surface area contributed by atoms with Crippen LogP contribution < -0.4 is 0 Å². The molecule has 5 nitrogen and oxygen atoms in total. The standard InChI is InChI=1S/C19H28FN3O2/c1-15(24)12-21-8-10-22(11-9-21)14-19(25)23(17-6-7-17)13-16-4-2-3-5-18(16)20/h2-5,15,17,24H,6-14H2,1H3/t15-/m0/s1. The summed E-state index contributed by atoms with van der Waals surface area (Å²) in [6, 6.07) is 6.96. The molecule has 138 valence electrons. The molecule has 2 fully saturated rings. The second-order valence-electron chi connectivity index (χ2n) is 7.27. The predicted molar refractivity (Wildman–Crippen MR) is 94.5 cm³/mol. The molecule has 6 heteroatoms. The van der Waals surface area contributed by atoms with E-state index in [1.165, 1.54) is 6.07 Å². The highest BCUT2D eigenvalue weighted by Gasteiger charge is 2.34. The normalized spacial score (nSPS) is 20.4. The first-order chi connectivity index (χ1) is 12.0. The van der Waals surface area contributed by atoms with Crippen molar-refractivity contribution in [3.63, 3.8) is 0 Å². The minimum Gasteiger partial charge on any atom is -0.392 e. The maximum Gasteiger partial charge on any atom is 0.237 e. The van der Waals surface area contributed by atoms with E-state index in [4.69, 9.17) is 0 Å². The van der Waals surface area contributed by atoms with Gasteiger partial charge in [-0.05, 0) is 25.8 Å². The minimum absolute atomic E-state index is 0.0923. The van der Waals surface area contributed by atoms with Gasteiger partial charge in [0.1, 0.15) is 5.82 Å². The van der Waals surface area contributed by atoms with Gasteiger partial charge in [0.05, 0.1) is 12.6 Å². The van der Waals surface area contributed by atoms with E-state index in [9.17, 15) is 14.3 Å². The maximum absolute atomic E-state index is 13.9. The van der Waals surface area contributed by atoms with Gasteiger partial charge in [0.15, 0.2) is 0 Å². The molecule has 1 aromatic carbocycles. The van der Waals surface area contributed by atoms with Crippen molar-refractivity contribution in [3.05, 3.63) is 35.6 Å². The Labute approximate surface area is 149 Å². The van der Waals surface area contributed by atoms with Gasteiger partial charge in [0.25, 0.3) is 0 Å². The fourth-order valence-electron chi connectivity index (χ4n) is 3.40. The summed E-state index contributed by atoms with van der Waals surface area (Å²) in [4.78, 5) is 19.0. The van der Waals surface area contributed by atoms with Crippen LogP contribution >= 0.6 is 0 Å². The maximum atomic E-state index is 13.9. The number of amides is 1. The van der Waals surface area contributed by atoms with Crippen molar-refractivity contribution in [1.29, 1.82) is 0 Å². The summed E-state index contributed by atoms with van der Waals surface area (Å²) in [6.45, 7) is 6.64. The molecule has 1 atom stereocenters. The molecule has 1 N–H and O–H groups in total. The smallest absolute Gasteiger partial charge is 0.237 e. The summed E-state index contributed by atoms with van der Waals surface area (Å²) in [5, 5.41) is 9.47. The van der Waals surface area contributed by atoms with Gasteiger partial charge >= 0.3 is 0 Å². The number of carbonyl (C=O) groups is 1. The average Bonchev–Trinajstić information content (AvgIpc) is 3.40. The van der Waals surface area contributed by atoms with Crippen LogP contribution in [0.15, 0.2) is 24.3 Å². The third-order valence-electron chi connectivity index (χ3n) is 4.95. The number of hydrogen-bond donors (Lipinski definition) is 1. The van der Waals surface area contributed by atoms with E-state index in [-0.39, 0.29) is 23.9 Å². The van der Waals surface area contributed by atoms with Gasteiger partial charge in [-0.25, -0.2) is 4.39 Å². The number of rotatable bonds is 7. The van der Waals surface area contributed by atoms with Crippen molar-refractivity contribution in [3.8, 4) is 0 Å². The van der Waals surface area contributed by atoms with Gasteiger partial charge in [0.2, 0.25) is 5.91 Å². The molecule has 1 aliphatic heterocycles. The lowest BCUT2D eigenvalue weighted by molar-refractivity contribution is -0.134. The summed E-state index contributed by atoms with van der Waals surface area (Å²) < 4.78 is 13.9. The molecule has 2 aliphatic rings. The van der Waals surface area contributed by atoms with Gasteiger partial charge in [-0.3, -0.25) is 14.6 Å². The van der Waals surface area contributed by atoms with Gasteiger partial charge in [-0.15, -0.1) is 0 Å². The second kappa shape index (κ2) is 8.25. The number of halogens is 1. The Morgan fingerprint density at radius 3 is 2.48 bits per heavy atom. The molecule has 0 radical (unpaired) electrons. The Bertz CT molecular complexity index is 584. The summed E-state index contributed by atoms with van der Waals surface area (Å²) in [5.74, 6) is -0.151. The molecule has 0 spiro atoms. The van der Waals surface area contributed by atoms with Gasteiger partial charge in [0, 0.05) is 50.9 Å². The third-order valence-corrected chi connectivity index (χ3v) is 4.95. The number of carbonyl (C=O) groups excluding carboxylic acids is 1. The fourth-order valence-corrected chi connectivity index (χ4v) is 3.40. The lowest BCUT2D eigenvalue weighted by Crippen LogP contribution is -2.51. The largest absolute Gasteiger partial charge is 0.392 e. The lowest BCUT2D eigenvalue weighted by Gasteiger charge is -2.36. The molecule has 1 amide bonds. The van der Waals surface area contributed by atoms with E-state index in [1.54, 1.807) is 19.1 Å². The molecule has 3 rings (SSSR count). The van der Waals surface area contributed by atoms with Crippen molar-refractivity contribution in [2.45, 2.75) is 38.5 Å². The zero-order valence-corrected chi connectivity index (χ0v) is 14.9. The highest BCUT2D eigenvalue weighted by molar-refractivity contribution is 5.79. The van der Waals surface area contributed by atoms with Crippen LogP contribution in [0.2, 0.25) is 0 Å². The van der Waals surface area contributed by atoms with Crippen molar-refractivity contribution < 1.29 is 14.3 Å². The van der Waals surface area contributed by atoms with E-state index >= 15 is 0 Å². The molecule has 1 aromatic rings. The summed E-state index contributed by atoms with van der Waals surface area (Å²) >= 11 is 0. The summed E-state index contributed by atoms with van der Waals surface area (Å²) in [5.41, 5.74) is 0.588. The topological polar surface area (TPSA) is 47.0 Å². The highest BCUT2D eigenvalue weighted by Crippen LogP contribution is 2.29. The number of benzene rings is 1. The molecular formula is C19H28FN3O2. The Kier molecular flexibility index (Phi) is 6.04. The highest BCUT2D eigenvalue weighted by atomic mass is 19.1. The molecular weight excluding hydrogens is 321 g/mol. The predicted octanol–water partition coefficient (Wildman–Crippen LogP) is 1.32. The quantitative estimate of drug-likeness (QED) is 0.806. The van der Waals surface area contributed by atoms with Crippen LogP contribution in [0.4, 0.5) is 4.39 Å². The number of piperazine rings is 1. The van der Waals surface area contributed by atoms with Crippen LogP contribution in [0.5, 0.6) is 0 Å². The van der Waals surface area contributed by atoms with Gasteiger partial charge < -0.3 is 10.0 Å².